The number of esters is 1. The quantitative estimate of drug-likeness (QED) is 0.421. The fourth-order valence-corrected chi connectivity index (χ4v) is 4.84. The predicted octanol–water partition coefficient (Wildman–Crippen LogP) is 5.03. The van der Waals surface area contributed by atoms with Crippen LogP contribution in [0.1, 0.15) is 32.3 Å². The molecule has 5 rings (SSSR count). The van der Waals surface area contributed by atoms with E-state index in [1.54, 1.807) is 26.0 Å². The zero-order chi connectivity index (χ0) is 27.2. The number of alkyl halides is 3. The van der Waals surface area contributed by atoms with Gasteiger partial charge < -0.3 is 19.8 Å². The number of anilines is 1. The van der Waals surface area contributed by atoms with Crippen molar-refractivity contribution in [2.24, 2.45) is 0 Å². The van der Waals surface area contributed by atoms with Gasteiger partial charge in [-0.2, -0.15) is 13.2 Å². The molecule has 39 heavy (non-hydrogen) atoms. The molecule has 2 aromatic carbocycles. The second kappa shape index (κ2) is 10.5. The number of rotatable bonds is 5. The molecule has 8 nitrogen and oxygen atoms in total. The minimum absolute atomic E-state index is 0. The summed E-state index contributed by atoms with van der Waals surface area (Å²) < 4.78 is 51.7. The Labute approximate surface area is 227 Å². The molecule has 0 radical (unpaired) electrons. The summed E-state index contributed by atoms with van der Waals surface area (Å²) in [6.45, 7) is 4.17. The standard InChI is InChI=1S/C27H26F3N3O5.ClH/c1-26(2,38-24(35)20-8-5-11-31-20)22-14-33(25(36)37-22)16-10-9-15-12-21(32-23(34)18(15)13-16)17-6-3-4-7-19(17)27(28,29)30;/h3-4,6-7,9-10,12-13,20,22,31H,5,8,11,14H2,1-2H3,(H,32,34);1H/t20-,22-;/m0./s1. The molecule has 2 N–H and O–H groups in total. The van der Waals surface area contributed by atoms with Crippen LogP contribution in [0.5, 0.6) is 0 Å². The van der Waals surface area contributed by atoms with Crippen molar-refractivity contribution in [2.75, 3.05) is 18.0 Å². The molecule has 3 aromatic rings. The number of amides is 1. The van der Waals surface area contributed by atoms with E-state index >= 15 is 0 Å². The van der Waals surface area contributed by atoms with Crippen molar-refractivity contribution >= 4 is 40.9 Å². The van der Waals surface area contributed by atoms with E-state index < -0.39 is 41.1 Å². The van der Waals surface area contributed by atoms with E-state index in [1.807, 2.05) is 0 Å². The lowest BCUT2D eigenvalue weighted by molar-refractivity contribution is -0.167. The first-order valence-corrected chi connectivity index (χ1v) is 12.2. The SMILES string of the molecule is CC(C)(OC(=O)[C@@H]1CCCN1)[C@@H]1CN(c2ccc3cc(-c4ccccc4C(F)(F)F)[nH]c(=O)c3c2)C(=O)O1.Cl. The van der Waals surface area contributed by atoms with Crippen molar-refractivity contribution in [1.82, 2.24) is 10.3 Å². The highest BCUT2D eigenvalue weighted by molar-refractivity contribution is 5.95. The third kappa shape index (κ3) is 5.60. The van der Waals surface area contributed by atoms with E-state index in [2.05, 4.69) is 10.3 Å². The third-order valence-electron chi connectivity index (χ3n) is 6.96. The number of nitrogens with one attached hydrogen (secondary N) is 2. The van der Waals surface area contributed by atoms with Gasteiger partial charge in [-0.05, 0) is 62.9 Å². The van der Waals surface area contributed by atoms with Gasteiger partial charge in [0, 0.05) is 22.3 Å². The number of nitrogens with zero attached hydrogens (tertiary/aromatic N) is 1. The minimum atomic E-state index is -4.59. The van der Waals surface area contributed by atoms with Gasteiger partial charge in [0.2, 0.25) is 0 Å². The second-order valence-electron chi connectivity index (χ2n) is 9.98. The number of aromatic nitrogens is 1. The van der Waals surface area contributed by atoms with Gasteiger partial charge in [-0.15, -0.1) is 12.4 Å². The number of fused-ring (bicyclic) bond motifs is 1. The molecule has 0 saturated carbocycles. The van der Waals surface area contributed by atoms with Crippen molar-refractivity contribution in [1.29, 1.82) is 0 Å². The second-order valence-corrected chi connectivity index (χ2v) is 9.98. The van der Waals surface area contributed by atoms with Crippen LogP contribution in [0.15, 0.2) is 53.3 Å². The smallest absolute Gasteiger partial charge is 0.417 e. The average Bonchev–Trinajstić information content (AvgIpc) is 3.54. The highest BCUT2D eigenvalue weighted by atomic mass is 35.5. The number of carbonyl (C=O) groups is 2. The van der Waals surface area contributed by atoms with Gasteiger partial charge in [0.05, 0.1) is 12.1 Å². The van der Waals surface area contributed by atoms with Crippen LogP contribution in [0, 0.1) is 0 Å². The predicted molar refractivity (Wildman–Crippen MR) is 141 cm³/mol. The molecule has 208 valence electrons. The van der Waals surface area contributed by atoms with Crippen LogP contribution >= 0.6 is 12.4 Å². The molecule has 1 amide bonds. The first-order valence-electron chi connectivity index (χ1n) is 12.2. The first kappa shape index (κ1) is 28.4. The van der Waals surface area contributed by atoms with Gasteiger partial charge >= 0.3 is 18.2 Å². The van der Waals surface area contributed by atoms with E-state index in [1.165, 1.54) is 35.2 Å². The molecule has 2 saturated heterocycles. The Hall–Kier alpha value is -3.57. The Kier molecular flexibility index (Phi) is 7.68. The normalized spacial score (nSPS) is 19.6. The highest BCUT2D eigenvalue weighted by Gasteiger charge is 2.45. The molecule has 2 atom stereocenters. The van der Waals surface area contributed by atoms with Crippen LogP contribution in [0.4, 0.5) is 23.7 Å². The molecule has 2 aliphatic heterocycles. The number of ether oxygens (including phenoxy) is 2. The van der Waals surface area contributed by atoms with E-state index in [9.17, 15) is 27.6 Å². The number of benzene rings is 2. The van der Waals surface area contributed by atoms with E-state index in [0.717, 1.165) is 19.0 Å². The Bertz CT molecular complexity index is 1470. The zero-order valence-corrected chi connectivity index (χ0v) is 21.9. The van der Waals surface area contributed by atoms with E-state index in [4.69, 9.17) is 9.47 Å². The lowest BCUT2D eigenvalue weighted by atomic mass is 10.0. The van der Waals surface area contributed by atoms with E-state index in [0.29, 0.717) is 17.5 Å². The molecule has 0 aliphatic carbocycles. The zero-order valence-electron chi connectivity index (χ0n) is 21.1. The molecule has 2 fully saturated rings. The van der Waals surface area contributed by atoms with Crippen molar-refractivity contribution in [3.05, 3.63) is 64.4 Å². The van der Waals surface area contributed by atoms with Gasteiger partial charge in [0.15, 0.2) is 6.10 Å². The summed E-state index contributed by atoms with van der Waals surface area (Å²) in [4.78, 5) is 42.0. The molecule has 3 heterocycles. The average molecular weight is 566 g/mol. The Morgan fingerprint density at radius 1 is 1.10 bits per heavy atom. The van der Waals surface area contributed by atoms with Crippen LogP contribution in [-0.4, -0.2) is 47.9 Å². The molecule has 12 heteroatoms. The Morgan fingerprint density at radius 3 is 2.54 bits per heavy atom. The molecular weight excluding hydrogens is 539 g/mol. The monoisotopic (exact) mass is 565 g/mol. The fraction of sp³-hybridized carbons (Fsp3) is 0.370. The maximum Gasteiger partial charge on any atom is 0.417 e. The molecule has 2 aliphatic rings. The number of hydrogen-bond acceptors (Lipinski definition) is 6. The van der Waals surface area contributed by atoms with Crippen molar-refractivity contribution in [3.63, 3.8) is 0 Å². The summed E-state index contributed by atoms with van der Waals surface area (Å²) >= 11 is 0. The number of pyridine rings is 1. The summed E-state index contributed by atoms with van der Waals surface area (Å²) in [6.07, 6.45) is -4.45. The molecular formula is C27H27ClF3N3O5. The van der Waals surface area contributed by atoms with Gasteiger partial charge in [-0.1, -0.05) is 24.3 Å². The topological polar surface area (TPSA) is 101 Å². The van der Waals surface area contributed by atoms with Crippen molar-refractivity contribution in [2.45, 2.75) is 50.6 Å². The number of halogens is 4. The van der Waals surface area contributed by atoms with E-state index in [-0.39, 0.29) is 41.6 Å². The van der Waals surface area contributed by atoms with Gasteiger partial charge in [0.25, 0.3) is 5.56 Å². The molecule has 1 aromatic heterocycles. The van der Waals surface area contributed by atoms with Crippen molar-refractivity contribution < 1.29 is 32.2 Å². The number of aromatic amines is 1. The number of hydrogen-bond donors (Lipinski definition) is 2. The summed E-state index contributed by atoms with van der Waals surface area (Å²) in [5.41, 5.74) is -2.29. The number of carbonyl (C=O) groups excluding carboxylic acids is 2. The third-order valence-corrected chi connectivity index (χ3v) is 6.96. The van der Waals surface area contributed by atoms with Crippen LogP contribution < -0.4 is 15.8 Å². The highest BCUT2D eigenvalue weighted by Crippen LogP contribution is 2.37. The number of cyclic esters (lactones) is 1. The van der Waals surface area contributed by atoms with Crippen LogP contribution in [0.25, 0.3) is 22.0 Å². The van der Waals surface area contributed by atoms with Crippen LogP contribution in [0.2, 0.25) is 0 Å². The minimum Gasteiger partial charge on any atom is -0.454 e. The van der Waals surface area contributed by atoms with Gasteiger partial charge in [0.1, 0.15) is 11.6 Å². The van der Waals surface area contributed by atoms with Gasteiger partial charge in [-0.25, -0.2) is 4.79 Å². The summed E-state index contributed by atoms with van der Waals surface area (Å²) in [7, 11) is 0. The largest absolute Gasteiger partial charge is 0.454 e. The Balaban J connectivity index is 0.00000353. The lowest BCUT2D eigenvalue weighted by Gasteiger charge is -2.30. The van der Waals surface area contributed by atoms with Crippen LogP contribution in [-0.2, 0) is 20.4 Å². The molecule has 0 spiro atoms. The summed E-state index contributed by atoms with van der Waals surface area (Å²) in [5.74, 6) is -0.401. The van der Waals surface area contributed by atoms with Crippen LogP contribution in [0.3, 0.4) is 0 Å². The van der Waals surface area contributed by atoms with Crippen molar-refractivity contribution in [3.8, 4) is 11.3 Å². The Morgan fingerprint density at radius 2 is 1.85 bits per heavy atom. The maximum atomic E-state index is 13.5. The number of H-pyrrole nitrogens is 1. The molecule has 0 unspecified atom stereocenters. The first-order chi connectivity index (χ1) is 17.9. The maximum absolute atomic E-state index is 13.5. The van der Waals surface area contributed by atoms with Gasteiger partial charge in [-0.3, -0.25) is 14.5 Å². The summed E-state index contributed by atoms with van der Waals surface area (Å²) in [6, 6.07) is 10.7. The lowest BCUT2D eigenvalue weighted by Crippen LogP contribution is -2.46. The summed E-state index contributed by atoms with van der Waals surface area (Å²) in [5, 5.41) is 3.69. The molecule has 0 bridgehead atoms. The fourth-order valence-electron chi connectivity index (χ4n) is 4.84.